The Balaban J connectivity index is 1.58. The fourth-order valence-corrected chi connectivity index (χ4v) is 3.67. The van der Waals surface area contributed by atoms with Gasteiger partial charge < -0.3 is 9.15 Å². The first-order valence-electron chi connectivity index (χ1n) is 10.2. The second-order valence-electron chi connectivity index (χ2n) is 7.26. The number of benzene rings is 3. The predicted octanol–water partition coefficient (Wildman–Crippen LogP) is 6.02. The zero-order valence-corrected chi connectivity index (χ0v) is 18.4. The molecule has 0 saturated carbocycles. The van der Waals surface area contributed by atoms with Crippen molar-refractivity contribution in [3.63, 3.8) is 0 Å². The van der Waals surface area contributed by atoms with Crippen LogP contribution < -0.4 is 10.3 Å². The lowest BCUT2D eigenvalue weighted by Gasteiger charge is -2.06. The third-order valence-electron chi connectivity index (χ3n) is 5.13. The number of methoxy groups -OCH3 is 1. The molecule has 0 radical (unpaired) electrons. The van der Waals surface area contributed by atoms with Crippen LogP contribution in [0, 0.1) is 0 Å². The van der Waals surface area contributed by atoms with Crippen LogP contribution in [0.25, 0.3) is 39.5 Å². The van der Waals surface area contributed by atoms with Crippen LogP contribution >= 0.6 is 11.6 Å². The highest BCUT2D eigenvalue weighted by atomic mass is 35.5. The van der Waals surface area contributed by atoms with Crippen LogP contribution in [0.4, 0.5) is 0 Å². The van der Waals surface area contributed by atoms with E-state index in [2.05, 4.69) is 10.1 Å². The van der Waals surface area contributed by atoms with E-state index in [0.717, 1.165) is 16.7 Å². The summed E-state index contributed by atoms with van der Waals surface area (Å²) in [5.41, 5.74) is 1.90. The Kier molecular flexibility index (Phi) is 5.50. The Morgan fingerprint density at radius 2 is 1.88 bits per heavy atom. The van der Waals surface area contributed by atoms with Gasteiger partial charge in [-0.15, -0.1) is 0 Å². The number of aromatic nitrogens is 2. The van der Waals surface area contributed by atoms with E-state index in [1.54, 1.807) is 61.9 Å². The highest BCUT2D eigenvalue weighted by Crippen LogP contribution is 2.29. The molecule has 162 valence electrons. The monoisotopic (exact) mass is 455 g/mol. The van der Waals surface area contributed by atoms with Crippen LogP contribution in [0.15, 0.2) is 93.2 Å². The van der Waals surface area contributed by atoms with Gasteiger partial charge in [-0.3, -0.25) is 4.79 Å². The summed E-state index contributed by atoms with van der Waals surface area (Å²) in [6, 6.07) is 21.9. The molecule has 0 aliphatic heterocycles. The van der Waals surface area contributed by atoms with Crippen molar-refractivity contribution in [1.29, 1.82) is 0 Å². The number of halogens is 1. The summed E-state index contributed by atoms with van der Waals surface area (Å²) in [7, 11) is 1.63. The lowest BCUT2D eigenvalue weighted by Crippen LogP contribution is -2.20. The molecule has 0 amide bonds. The molecule has 0 aliphatic rings. The summed E-state index contributed by atoms with van der Waals surface area (Å²) < 4.78 is 12.4. The van der Waals surface area contributed by atoms with Crippen molar-refractivity contribution in [3.05, 3.63) is 99.8 Å². The minimum absolute atomic E-state index is 0.289. The molecule has 0 atom stereocenters. The van der Waals surface area contributed by atoms with E-state index < -0.39 is 0 Å². The lowest BCUT2D eigenvalue weighted by atomic mass is 10.2. The van der Waals surface area contributed by atoms with Gasteiger partial charge >= 0.3 is 0 Å². The standard InChI is InChI=1S/C26H18ClN3O3/c1-32-20-11-8-17(9-12-20)5-4-14-28-30-25(29-22-7-3-2-6-21(22)26(30)31)24-16-18-15-19(27)10-13-23(18)33-24/h2-16H,1H3/b5-4+,28-14?. The highest BCUT2D eigenvalue weighted by Gasteiger charge is 2.16. The maximum absolute atomic E-state index is 13.2. The second-order valence-corrected chi connectivity index (χ2v) is 7.70. The number of fused-ring (bicyclic) bond motifs is 2. The Labute approximate surface area is 194 Å². The molecule has 0 N–H and O–H groups in total. The number of ether oxygens (including phenoxy) is 1. The fourth-order valence-electron chi connectivity index (χ4n) is 3.49. The first kappa shape index (κ1) is 20.7. The molecule has 0 saturated heterocycles. The molecule has 0 fully saturated rings. The van der Waals surface area contributed by atoms with E-state index in [4.69, 9.17) is 20.8 Å². The lowest BCUT2D eigenvalue weighted by molar-refractivity contribution is 0.415. The predicted molar refractivity (Wildman–Crippen MR) is 132 cm³/mol. The van der Waals surface area contributed by atoms with E-state index in [-0.39, 0.29) is 5.56 Å². The van der Waals surface area contributed by atoms with Gasteiger partial charge in [0.1, 0.15) is 11.3 Å². The molecule has 33 heavy (non-hydrogen) atoms. The number of allylic oxidation sites excluding steroid dienone is 1. The van der Waals surface area contributed by atoms with E-state index >= 15 is 0 Å². The summed E-state index contributed by atoms with van der Waals surface area (Å²) in [6.07, 6.45) is 5.18. The summed E-state index contributed by atoms with van der Waals surface area (Å²) in [6.45, 7) is 0. The zero-order chi connectivity index (χ0) is 22.8. The number of hydrogen-bond donors (Lipinski definition) is 0. The van der Waals surface area contributed by atoms with Gasteiger partial charge in [0.2, 0.25) is 5.82 Å². The zero-order valence-electron chi connectivity index (χ0n) is 17.6. The van der Waals surface area contributed by atoms with Crippen LogP contribution in [0.3, 0.4) is 0 Å². The van der Waals surface area contributed by atoms with Crippen molar-refractivity contribution < 1.29 is 9.15 Å². The van der Waals surface area contributed by atoms with Crippen molar-refractivity contribution in [2.75, 3.05) is 7.11 Å². The van der Waals surface area contributed by atoms with Gasteiger partial charge in [0.15, 0.2) is 5.76 Å². The maximum atomic E-state index is 13.2. The maximum Gasteiger partial charge on any atom is 0.282 e. The SMILES string of the molecule is COc1ccc(/C=C/C=Nn2c(-c3cc4cc(Cl)ccc4o3)nc3ccccc3c2=O)cc1. The van der Waals surface area contributed by atoms with E-state index in [1.165, 1.54) is 4.68 Å². The smallest absolute Gasteiger partial charge is 0.282 e. The third kappa shape index (κ3) is 4.16. The number of nitrogens with zero attached hydrogens (tertiary/aromatic N) is 3. The van der Waals surface area contributed by atoms with Crippen LogP contribution in [-0.4, -0.2) is 23.0 Å². The molecule has 0 spiro atoms. The van der Waals surface area contributed by atoms with Gasteiger partial charge in [-0.2, -0.15) is 9.78 Å². The normalized spacial score (nSPS) is 11.8. The third-order valence-corrected chi connectivity index (χ3v) is 5.36. The van der Waals surface area contributed by atoms with Gasteiger partial charge in [0, 0.05) is 16.6 Å². The van der Waals surface area contributed by atoms with Crippen molar-refractivity contribution >= 4 is 45.8 Å². The molecule has 5 aromatic rings. The van der Waals surface area contributed by atoms with Crippen molar-refractivity contribution in [1.82, 2.24) is 9.66 Å². The van der Waals surface area contributed by atoms with Crippen LogP contribution in [0.5, 0.6) is 5.75 Å². The second kappa shape index (κ2) is 8.76. The quantitative estimate of drug-likeness (QED) is 0.304. The molecule has 3 aromatic carbocycles. The Bertz CT molecular complexity index is 1580. The summed E-state index contributed by atoms with van der Waals surface area (Å²) in [5.74, 6) is 1.51. The summed E-state index contributed by atoms with van der Waals surface area (Å²) >= 11 is 6.11. The van der Waals surface area contributed by atoms with Gasteiger partial charge in [-0.05, 0) is 60.2 Å². The van der Waals surface area contributed by atoms with E-state index in [9.17, 15) is 4.79 Å². The number of para-hydroxylation sites is 1. The molecule has 5 rings (SSSR count). The first-order chi connectivity index (χ1) is 16.1. The van der Waals surface area contributed by atoms with E-state index in [1.807, 2.05) is 36.4 Å². The van der Waals surface area contributed by atoms with Crippen LogP contribution in [-0.2, 0) is 0 Å². The van der Waals surface area contributed by atoms with Crippen LogP contribution in [0.2, 0.25) is 5.02 Å². The number of furan rings is 1. The topological polar surface area (TPSA) is 69.6 Å². The van der Waals surface area contributed by atoms with Gasteiger partial charge in [-0.25, -0.2) is 4.98 Å². The van der Waals surface area contributed by atoms with Gasteiger partial charge in [-0.1, -0.05) is 41.9 Å². The van der Waals surface area contributed by atoms with E-state index in [0.29, 0.717) is 33.1 Å². The Hall–Kier alpha value is -4.16. The molecule has 2 heterocycles. The molecular weight excluding hydrogens is 438 g/mol. The minimum Gasteiger partial charge on any atom is -0.497 e. The molecule has 7 heteroatoms. The fraction of sp³-hybridized carbons (Fsp3) is 0.0385. The molecule has 0 bridgehead atoms. The average molecular weight is 456 g/mol. The number of rotatable bonds is 5. The Morgan fingerprint density at radius 1 is 1.06 bits per heavy atom. The van der Waals surface area contributed by atoms with Crippen LogP contribution in [0.1, 0.15) is 5.56 Å². The van der Waals surface area contributed by atoms with Crippen molar-refractivity contribution in [3.8, 4) is 17.3 Å². The highest BCUT2D eigenvalue weighted by molar-refractivity contribution is 6.31. The number of hydrogen-bond acceptors (Lipinski definition) is 5. The molecule has 6 nitrogen and oxygen atoms in total. The molecule has 0 aliphatic carbocycles. The van der Waals surface area contributed by atoms with Crippen molar-refractivity contribution in [2.24, 2.45) is 5.10 Å². The first-order valence-corrected chi connectivity index (χ1v) is 10.6. The Morgan fingerprint density at radius 3 is 2.70 bits per heavy atom. The summed E-state index contributed by atoms with van der Waals surface area (Å²) in [4.78, 5) is 17.9. The van der Waals surface area contributed by atoms with Crippen molar-refractivity contribution in [2.45, 2.75) is 0 Å². The summed E-state index contributed by atoms with van der Waals surface area (Å²) in [5, 5.41) is 6.27. The molecule has 0 unspecified atom stereocenters. The average Bonchev–Trinajstić information content (AvgIpc) is 3.26. The largest absolute Gasteiger partial charge is 0.497 e. The molecule has 2 aromatic heterocycles. The van der Waals surface area contributed by atoms with Gasteiger partial charge in [0.25, 0.3) is 5.56 Å². The minimum atomic E-state index is -0.289. The van der Waals surface area contributed by atoms with Gasteiger partial charge in [0.05, 0.1) is 18.0 Å². The molecular formula is C26H18ClN3O3.